The third-order valence-corrected chi connectivity index (χ3v) is 4.40. The van der Waals surface area contributed by atoms with Crippen LogP contribution < -0.4 is 5.32 Å². The third-order valence-electron chi connectivity index (χ3n) is 3.19. The number of hydrogen-bond acceptors (Lipinski definition) is 3. The van der Waals surface area contributed by atoms with Crippen LogP contribution in [0.5, 0.6) is 0 Å². The summed E-state index contributed by atoms with van der Waals surface area (Å²) in [5.74, 6) is -0.0300. The van der Waals surface area contributed by atoms with E-state index in [1.807, 2.05) is 20.8 Å². The molecule has 3 nitrogen and oxygen atoms in total. The van der Waals surface area contributed by atoms with Crippen LogP contribution in [-0.4, -0.2) is 5.91 Å². The Morgan fingerprint density at radius 2 is 2.00 bits per heavy atom. The van der Waals surface area contributed by atoms with E-state index in [9.17, 15) is 10.1 Å². The molecule has 0 atom stereocenters. The Morgan fingerprint density at radius 3 is 2.61 bits per heavy atom. The standard InChI is InChI=1S/C14H18N2OS/c1-14(2,3)13(17)16-12-10(8-15)9-6-4-5-7-11(9)18-12/h4-7H2,1-3H3,(H,16,17). The molecular formula is C14H18N2OS. The molecule has 1 N–H and O–H groups in total. The minimum absolute atomic E-state index is 0.0300. The molecule has 0 aliphatic heterocycles. The third kappa shape index (κ3) is 2.41. The van der Waals surface area contributed by atoms with Gasteiger partial charge in [-0.25, -0.2) is 0 Å². The number of hydrogen-bond donors (Lipinski definition) is 1. The van der Waals surface area contributed by atoms with Crippen molar-refractivity contribution in [3.05, 3.63) is 16.0 Å². The number of aryl methyl sites for hydroxylation is 1. The minimum Gasteiger partial charge on any atom is -0.316 e. The largest absolute Gasteiger partial charge is 0.316 e. The highest BCUT2D eigenvalue weighted by molar-refractivity contribution is 7.16. The second-order valence-corrected chi connectivity index (χ2v) is 6.84. The summed E-state index contributed by atoms with van der Waals surface area (Å²) >= 11 is 1.58. The number of carbonyl (C=O) groups excluding carboxylic acids is 1. The molecule has 1 aliphatic carbocycles. The quantitative estimate of drug-likeness (QED) is 0.842. The van der Waals surface area contributed by atoms with Gasteiger partial charge in [-0.15, -0.1) is 11.3 Å². The number of nitrogens with one attached hydrogen (secondary N) is 1. The molecule has 1 heterocycles. The van der Waals surface area contributed by atoms with Gasteiger partial charge in [-0.3, -0.25) is 4.79 Å². The summed E-state index contributed by atoms with van der Waals surface area (Å²) < 4.78 is 0. The predicted octanol–water partition coefficient (Wildman–Crippen LogP) is 3.48. The molecule has 4 heteroatoms. The average Bonchev–Trinajstić information content (AvgIpc) is 2.64. The van der Waals surface area contributed by atoms with Crippen molar-refractivity contribution in [2.45, 2.75) is 46.5 Å². The number of rotatable bonds is 1. The fourth-order valence-electron chi connectivity index (χ4n) is 2.06. The SMILES string of the molecule is CC(C)(C)C(=O)Nc1sc2c(c1C#N)CCCC2. The Bertz CT molecular complexity index is 517. The van der Waals surface area contributed by atoms with Crippen molar-refractivity contribution in [3.8, 4) is 6.07 Å². The van der Waals surface area contributed by atoms with Crippen molar-refractivity contribution in [3.63, 3.8) is 0 Å². The molecule has 0 bridgehead atoms. The van der Waals surface area contributed by atoms with Gasteiger partial charge in [-0.2, -0.15) is 5.26 Å². The van der Waals surface area contributed by atoms with Gasteiger partial charge in [0, 0.05) is 10.3 Å². The normalized spacial score (nSPS) is 14.8. The van der Waals surface area contributed by atoms with Crippen molar-refractivity contribution in [2.24, 2.45) is 5.41 Å². The van der Waals surface area contributed by atoms with Gasteiger partial charge in [0.1, 0.15) is 11.1 Å². The summed E-state index contributed by atoms with van der Waals surface area (Å²) in [7, 11) is 0. The zero-order valence-corrected chi connectivity index (χ0v) is 11.9. The van der Waals surface area contributed by atoms with Crippen LogP contribution in [0.4, 0.5) is 5.00 Å². The predicted molar refractivity (Wildman–Crippen MR) is 73.8 cm³/mol. The lowest BCUT2D eigenvalue weighted by Crippen LogP contribution is -2.27. The highest BCUT2D eigenvalue weighted by atomic mass is 32.1. The molecule has 0 unspecified atom stereocenters. The molecule has 1 aliphatic rings. The maximum absolute atomic E-state index is 12.0. The Hall–Kier alpha value is -1.34. The van der Waals surface area contributed by atoms with Gasteiger partial charge in [0.25, 0.3) is 0 Å². The summed E-state index contributed by atoms with van der Waals surface area (Å²) in [5.41, 5.74) is 1.42. The molecule has 0 spiro atoms. The van der Waals surface area contributed by atoms with Crippen LogP contribution in [0.1, 0.15) is 49.6 Å². The summed E-state index contributed by atoms with van der Waals surface area (Å²) in [6, 6.07) is 2.26. The molecule has 2 rings (SSSR count). The summed E-state index contributed by atoms with van der Waals surface area (Å²) in [6.07, 6.45) is 4.34. The maximum atomic E-state index is 12.0. The van der Waals surface area contributed by atoms with Gasteiger partial charge in [-0.05, 0) is 31.2 Å². The Balaban J connectivity index is 2.32. The van der Waals surface area contributed by atoms with Crippen LogP contribution in [0.15, 0.2) is 0 Å². The molecular weight excluding hydrogens is 244 g/mol. The molecule has 96 valence electrons. The first kappa shape index (κ1) is 13.1. The van der Waals surface area contributed by atoms with Crippen molar-refractivity contribution >= 4 is 22.2 Å². The molecule has 1 aromatic rings. The molecule has 0 saturated heterocycles. The van der Waals surface area contributed by atoms with Crippen LogP contribution in [0, 0.1) is 16.7 Å². The van der Waals surface area contributed by atoms with E-state index in [-0.39, 0.29) is 5.91 Å². The second-order valence-electron chi connectivity index (χ2n) is 5.73. The minimum atomic E-state index is -0.433. The van der Waals surface area contributed by atoms with Crippen LogP contribution >= 0.6 is 11.3 Å². The van der Waals surface area contributed by atoms with E-state index < -0.39 is 5.41 Å². The van der Waals surface area contributed by atoms with Gasteiger partial charge in [-0.1, -0.05) is 20.8 Å². The highest BCUT2D eigenvalue weighted by Gasteiger charge is 2.26. The van der Waals surface area contributed by atoms with Crippen LogP contribution in [-0.2, 0) is 17.6 Å². The zero-order chi connectivity index (χ0) is 13.3. The van der Waals surface area contributed by atoms with Crippen LogP contribution in [0.2, 0.25) is 0 Å². The molecule has 18 heavy (non-hydrogen) atoms. The molecule has 0 aromatic carbocycles. The van der Waals surface area contributed by atoms with E-state index in [0.717, 1.165) is 29.8 Å². The molecule has 0 radical (unpaired) electrons. The number of amides is 1. The zero-order valence-electron chi connectivity index (χ0n) is 11.1. The Morgan fingerprint density at radius 1 is 1.33 bits per heavy atom. The van der Waals surface area contributed by atoms with Gasteiger partial charge in [0.05, 0.1) is 5.56 Å². The maximum Gasteiger partial charge on any atom is 0.230 e. The summed E-state index contributed by atoms with van der Waals surface area (Å²) in [4.78, 5) is 13.3. The first-order chi connectivity index (χ1) is 8.43. The molecule has 0 fully saturated rings. The summed E-state index contributed by atoms with van der Waals surface area (Å²) in [6.45, 7) is 5.63. The van der Waals surface area contributed by atoms with E-state index in [4.69, 9.17) is 0 Å². The van der Waals surface area contributed by atoms with Crippen molar-refractivity contribution < 1.29 is 4.79 Å². The van der Waals surface area contributed by atoms with Crippen LogP contribution in [0.25, 0.3) is 0 Å². The Kier molecular flexibility index (Phi) is 3.45. The van der Waals surface area contributed by atoms with Gasteiger partial charge >= 0.3 is 0 Å². The first-order valence-corrected chi connectivity index (χ1v) is 7.11. The van der Waals surface area contributed by atoms with E-state index in [1.165, 1.54) is 11.3 Å². The number of nitrogens with zero attached hydrogens (tertiary/aromatic N) is 1. The molecule has 1 aromatic heterocycles. The van der Waals surface area contributed by atoms with E-state index in [0.29, 0.717) is 5.56 Å². The van der Waals surface area contributed by atoms with Crippen molar-refractivity contribution in [1.82, 2.24) is 0 Å². The number of anilines is 1. The van der Waals surface area contributed by atoms with Gasteiger partial charge in [0.15, 0.2) is 0 Å². The van der Waals surface area contributed by atoms with Crippen molar-refractivity contribution in [1.29, 1.82) is 5.26 Å². The highest BCUT2D eigenvalue weighted by Crippen LogP contribution is 2.38. The second kappa shape index (κ2) is 4.74. The monoisotopic (exact) mass is 262 g/mol. The smallest absolute Gasteiger partial charge is 0.230 e. The van der Waals surface area contributed by atoms with Gasteiger partial charge in [0.2, 0.25) is 5.91 Å². The lowest BCUT2D eigenvalue weighted by atomic mass is 9.94. The lowest BCUT2D eigenvalue weighted by Gasteiger charge is -2.16. The topological polar surface area (TPSA) is 52.9 Å². The molecule has 0 saturated carbocycles. The van der Waals surface area contributed by atoms with E-state index >= 15 is 0 Å². The number of nitriles is 1. The van der Waals surface area contributed by atoms with E-state index in [2.05, 4.69) is 11.4 Å². The van der Waals surface area contributed by atoms with Gasteiger partial charge < -0.3 is 5.32 Å². The fraction of sp³-hybridized carbons (Fsp3) is 0.571. The van der Waals surface area contributed by atoms with E-state index in [1.54, 1.807) is 11.3 Å². The molecule has 1 amide bonds. The number of thiophene rings is 1. The average molecular weight is 262 g/mol. The fourth-order valence-corrected chi connectivity index (χ4v) is 3.30. The number of fused-ring (bicyclic) bond motifs is 1. The summed E-state index contributed by atoms with van der Waals surface area (Å²) in [5, 5.41) is 12.9. The Labute approximate surface area is 112 Å². The first-order valence-electron chi connectivity index (χ1n) is 6.29. The van der Waals surface area contributed by atoms with Crippen LogP contribution in [0.3, 0.4) is 0 Å². The van der Waals surface area contributed by atoms with Crippen molar-refractivity contribution in [2.75, 3.05) is 5.32 Å². The number of carbonyl (C=O) groups is 1. The lowest BCUT2D eigenvalue weighted by molar-refractivity contribution is -0.123.